The van der Waals surface area contributed by atoms with Crippen LogP contribution in [0.1, 0.15) is 110 Å². The van der Waals surface area contributed by atoms with Crippen LogP contribution >= 0.6 is 0 Å². The Bertz CT molecular complexity index is 1170. The summed E-state index contributed by atoms with van der Waals surface area (Å²) >= 11 is 0. The molecule has 1 N–H and O–H groups in total. The van der Waals surface area contributed by atoms with Gasteiger partial charge in [0.2, 0.25) is 5.91 Å². The molecule has 0 aliphatic heterocycles. The molecule has 0 radical (unpaired) electrons. The molecule has 222 valence electrons. The summed E-state index contributed by atoms with van der Waals surface area (Å²) in [6, 6.07) is 7.36. The van der Waals surface area contributed by atoms with E-state index in [0.29, 0.717) is 18.7 Å². The minimum absolute atomic E-state index is 0.172. The van der Waals surface area contributed by atoms with E-state index in [1.54, 1.807) is 6.92 Å². The van der Waals surface area contributed by atoms with Crippen molar-refractivity contribution in [3.05, 3.63) is 53.9 Å². The Labute approximate surface area is 246 Å². The van der Waals surface area contributed by atoms with Gasteiger partial charge < -0.3 is 10.1 Å². The fourth-order valence-electron chi connectivity index (χ4n) is 6.39. The van der Waals surface area contributed by atoms with Crippen LogP contribution < -0.4 is 5.32 Å². The molecule has 1 aromatic carbocycles. The minimum atomic E-state index is -0.676. The SMILES string of the molecule is CCCC1CCC(C2CC=C(c3cnc(-c4ccc(CCC(=O)N[C@H](C)C(=O)OC(C)(C)C)cc4)nc3)CC2)CC1. The highest BCUT2D eigenvalue weighted by atomic mass is 16.6. The topological polar surface area (TPSA) is 81.2 Å². The fourth-order valence-corrected chi connectivity index (χ4v) is 6.39. The van der Waals surface area contributed by atoms with E-state index in [1.165, 1.54) is 56.9 Å². The summed E-state index contributed by atoms with van der Waals surface area (Å²) in [5.41, 5.74) is 3.96. The summed E-state index contributed by atoms with van der Waals surface area (Å²) in [6.45, 7) is 9.39. The number of aryl methyl sites for hydroxylation is 1. The lowest BCUT2D eigenvalue weighted by atomic mass is 9.70. The van der Waals surface area contributed by atoms with Gasteiger partial charge in [-0.15, -0.1) is 0 Å². The third kappa shape index (κ3) is 9.24. The predicted octanol–water partition coefficient (Wildman–Crippen LogP) is 7.71. The van der Waals surface area contributed by atoms with Gasteiger partial charge >= 0.3 is 5.97 Å². The van der Waals surface area contributed by atoms with E-state index in [1.807, 2.05) is 57.4 Å². The molecule has 1 heterocycles. The maximum atomic E-state index is 12.3. The largest absolute Gasteiger partial charge is 0.458 e. The van der Waals surface area contributed by atoms with E-state index >= 15 is 0 Å². The number of hydrogen-bond acceptors (Lipinski definition) is 5. The number of nitrogens with one attached hydrogen (secondary N) is 1. The van der Waals surface area contributed by atoms with Crippen molar-refractivity contribution < 1.29 is 14.3 Å². The second-order valence-electron chi connectivity index (χ2n) is 13.1. The number of hydrogen-bond donors (Lipinski definition) is 1. The van der Waals surface area contributed by atoms with Gasteiger partial charge in [-0.3, -0.25) is 4.79 Å². The summed E-state index contributed by atoms with van der Waals surface area (Å²) in [5, 5.41) is 2.73. The third-order valence-electron chi connectivity index (χ3n) is 8.72. The zero-order chi connectivity index (χ0) is 29.4. The highest BCUT2D eigenvalue weighted by molar-refractivity contribution is 5.84. The van der Waals surface area contributed by atoms with Gasteiger partial charge in [0.25, 0.3) is 0 Å². The van der Waals surface area contributed by atoms with E-state index in [4.69, 9.17) is 4.74 Å². The molecule has 2 aliphatic carbocycles. The number of esters is 1. The van der Waals surface area contributed by atoms with Crippen LogP contribution in [0.4, 0.5) is 0 Å². The number of rotatable bonds is 10. The lowest BCUT2D eigenvalue weighted by molar-refractivity contribution is -0.158. The first-order valence-electron chi connectivity index (χ1n) is 15.7. The van der Waals surface area contributed by atoms with E-state index in [2.05, 4.69) is 28.3 Å². The highest BCUT2D eigenvalue weighted by Crippen LogP contribution is 2.42. The van der Waals surface area contributed by atoms with Crippen molar-refractivity contribution in [1.29, 1.82) is 0 Å². The molecule has 2 atom stereocenters. The van der Waals surface area contributed by atoms with Gasteiger partial charge in [0.1, 0.15) is 11.6 Å². The molecule has 2 aliphatic rings. The number of allylic oxidation sites excluding steroid dienone is 2. The number of carbonyl (C=O) groups excluding carboxylic acids is 2. The van der Waals surface area contributed by atoms with Crippen molar-refractivity contribution in [3.63, 3.8) is 0 Å². The smallest absolute Gasteiger partial charge is 0.328 e. The standard InChI is InChI=1S/C35H49N3O3/c1-6-7-25-8-13-27(14-9-25)28-17-19-29(20-18-28)31-22-36-33(37-23-31)30-15-10-26(11-16-30)12-21-32(39)38-24(2)34(40)41-35(3,4)5/h10-11,15-16,19,22-25,27-28H,6-9,12-14,17-18,20-21H2,1-5H3,(H,38,39)/t24-,25?,27?,28?/m1/s1. The Morgan fingerprint density at radius 1 is 0.976 bits per heavy atom. The molecule has 41 heavy (non-hydrogen) atoms. The Balaban J connectivity index is 1.24. The van der Waals surface area contributed by atoms with Crippen molar-refractivity contribution in [1.82, 2.24) is 15.3 Å². The molecular formula is C35H49N3O3. The van der Waals surface area contributed by atoms with Gasteiger partial charge in [-0.05, 0) is 95.1 Å². The van der Waals surface area contributed by atoms with Gasteiger partial charge in [0, 0.05) is 29.9 Å². The number of nitrogens with zero attached hydrogens (tertiary/aromatic N) is 2. The van der Waals surface area contributed by atoms with Gasteiger partial charge in [0.05, 0.1) is 0 Å². The first kappa shape index (κ1) is 30.9. The normalized spacial score (nSPS) is 22.0. The zero-order valence-corrected chi connectivity index (χ0v) is 25.7. The van der Waals surface area contributed by atoms with Crippen LogP contribution in [0.5, 0.6) is 0 Å². The van der Waals surface area contributed by atoms with Crippen molar-refractivity contribution in [2.24, 2.45) is 17.8 Å². The number of ether oxygens (including phenoxy) is 1. The van der Waals surface area contributed by atoms with Crippen molar-refractivity contribution in [2.75, 3.05) is 0 Å². The Kier molecular flexibility index (Phi) is 10.7. The van der Waals surface area contributed by atoms with E-state index < -0.39 is 17.6 Å². The molecule has 0 saturated heterocycles. The molecule has 2 aromatic rings. The van der Waals surface area contributed by atoms with Crippen LogP contribution in [0.2, 0.25) is 0 Å². The van der Waals surface area contributed by atoms with E-state index in [9.17, 15) is 9.59 Å². The summed E-state index contributed by atoms with van der Waals surface area (Å²) < 4.78 is 5.33. The quantitative estimate of drug-likeness (QED) is 0.302. The second-order valence-corrected chi connectivity index (χ2v) is 13.1. The molecule has 1 amide bonds. The molecule has 1 saturated carbocycles. The second kappa shape index (κ2) is 14.2. The molecule has 4 rings (SSSR count). The maximum absolute atomic E-state index is 12.3. The number of amides is 1. The highest BCUT2D eigenvalue weighted by Gasteiger charge is 2.28. The average Bonchev–Trinajstić information content (AvgIpc) is 2.96. The summed E-state index contributed by atoms with van der Waals surface area (Å²) in [5.74, 6) is 2.85. The molecule has 1 fully saturated rings. The number of benzene rings is 1. The van der Waals surface area contributed by atoms with Crippen molar-refractivity contribution >= 4 is 17.4 Å². The molecule has 0 spiro atoms. The molecule has 0 bridgehead atoms. The summed E-state index contributed by atoms with van der Waals surface area (Å²) in [6.07, 6.45) is 19.3. The molecular weight excluding hydrogens is 510 g/mol. The average molecular weight is 560 g/mol. The molecule has 6 heteroatoms. The first-order chi connectivity index (χ1) is 19.6. The Morgan fingerprint density at radius 3 is 2.24 bits per heavy atom. The van der Waals surface area contributed by atoms with Crippen LogP contribution in [-0.4, -0.2) is 33.5 Å². The van der Waals surface area contributed by atoms with Crippen LogP contribution in [-0.2, 0) is 20.7 Å². The number of carbonyl (C=O) groups is 2. The van der Waals surface area contributed by atoms with Gasteiger partial charge in [-0.25, -0.2) is 14.8 Å². The monoisotopic (exact) mass is 559 g/mol. The van der Waals surface area contributed by atoms with Gasteiger partial charge in [0.15, 0.2) is 5.82 Å². The molecule has 1 unspecified atom stereocenters. The van der Waals surface area contributed by atoms with Crippen LogP contribution in [0.3, 0.4) is 0 Å². The summed E-state index contributed by atoms with van der Waals surface area (Å²) in [7, 11) is 0. The van der Waals surface area contributed by atoms with Crippen LogP contribution in [0.25, 0.3) is 17.0 Å². The van der Waals surface area contributed by atoms with Crippen LogP contribution in [0, 0.1) is 17.8 Å². The maximum Gasteiger partial charge on any atom is 0.328 e. The first-order valence-corrected chi connectivity index (χ1v) is 15.7. The molecule has 6 nitrogen and oxygen atoms in total. The minimum Gasteiger partial charge on any atom is -0.458 e. The lowest BCUT2D eigenvalue weighted by Gasteiger charge is -2.35. The zero-order valence-electron chi connectivity index (χ0n) is 25.7. The predicted molar refractivity (Wildman–Crippen MR) is 165 cm³/mol. The Hall–Kier alpha value is -3.02. The van der Waals surface area contributed by atoms with Crippen LogP contribution in [0.15, 0.2) is 42.7 Å². The van der Waals surface area contributed by atoms with Crippen molar-refractivity contribution in [3.8, 4) is 11.4 Å². The lowest BCUT2D eigenvalue weighted by Crippen LogP contribution is -2.42. The third-order valence-corrected chi connectivity index (χ3v) is 8.72. The van der Waals surface area contributed by atoms with E-state index in [-0.39, 0.29) is 5.91 Å². The van der Waals surface area contributed by atoms with E-state index in [0.717, 1.165) is 40.9 Å². The van der Waals surface area contributed by atoms with Crippen molar-refractivity contribution in [2.45, 2.75) is 117 Å². The Morgan fingerprint density at radius 2 is 1.66 bits per heavy atom. The van der Waals surface area contributed by atoms with Gasteiger partial charge in [-0.1, -0.05) is 62.9 Å². The van der Waals surface area contributed by atoms with Gasteiger partial charge in [-0.2, -0.15) is 0 Å². The fraction of sp³-hybridized carbons (Fsp3) is 0.600. The number of aromatic nitrogens is 2. The summed E-state index contributed by atoms with van der Waals surface area (Å²) in [4.78, 5) is 33.8. The molecule has 1 aromatic heterocycles.